The number of nitrogen functional groups attached to an aromatic ring is 1. The molecule has 0 radical (unpaired) electrons. The van der Waals surface area contributed by atoms with Gasteiger partial charge in [0.25, 0.3) is 0 Å². The Morgan fingerprint density at radius 2 is 1.80 bits per heavy atom. The van der Waals surface area contributed by atoms with Crippen molar-refractivity contribution in [2.45, 2.75) is 13.3 Å². The molecule has 0 bridgehead atoms. The molecule has 2 rings (SSSR count). The van der Waals surface area contributed by atoms with Gasteiger partial charge in [0.15, 0.2) is 0 Å². The molecule has 1 aliphatic carbocycles. The lowest BCUT2D eigenvalue weighted by molar-refractivity contribution is 0.394. The molecule has 0 unspecified atom stereocenters. The average molecular weight is 205 g/mol. The van der Waals surface area contributed by atoms with E-state index in [0.717, 1.165) is 23.3 Å². The third-order valence-electron chi connectivity index (χ3n) is 2.72. The molecular weight excluding hydrogens is 190 g/mol. The van der Waals surface area contributed by atoms with E-state index in [-0.39, 0.29) is 0 Å². The minimum atomic E-state index is 0.675. The fourth-order valence-electron chi connectivity index (χ4n) is 1.76. The first kappa shape index (κ1) is 9.90. The molecule has 0 aliphatic heterocycles. The molecule has 0 heterocycles. The fraction of sp³-hybridized carbons (Fsp3) is 0.333. The highest BCUT2D eigenvalue weighted by Gasteiger charge is 2.21. The Balaban J connectivity index is 2.62. The fourth-order valence-corrected chi connectivity index (χ4v) is 1.76. The highest BCUT2D eigenvalue weighted by atomic mass is 16.5. The predicted molar refractivity (Wildman–Crippen MR) is 61.3 cm³/mol. The summed E-state index contributed by atoms with van der Waals surface area (Å²) in [6.45, 7) is 1.99. The molecule has 2 N–H and O–H groups in total. The number of hydrogen-bond acceptors (Lipinski definition) is 3. The maximum absolute atomic E-state index is 5.98. The van der Waals surface area contributed by atoms with Crippen LogP contribution < -0.4 is 15.2 Å². The molecular formula is C12H15NO2. The summed E-state index contributed by atoms with van der Waals surface area (Å²) in [5, 5.41) is 0. The van der Waals surface area contributed by atoms with E-state index < -0.39 is 0 Å². The SMILES string of the molecule is COc1cc(OC)c(C2=CC2)c(C)c1N. The van der Waals surface area contributed by atoms with Gasteiger partial charge in [0.2, 0.25) is 0 Å². The van der Waals surface area contributed by atoms with Crippen molar-refractivity contribution in [2.75, 3.05) is 20.0 Å². The monoisotopic (exact) mass is 205 g/mol. The summed E-state index contributed by atoms with van der Waals surface area (Å²) < 4.78 is 10.5. The van der Waals surface area contributed by atoms with Gasteiger partial charge in [-0.15, -0.1) is 0 Å². The molecule has 0 saturated carbocycles. The first-order valence-electron chi connectivity index (χ1n) is 4.89. The van der Waals surface area contributed by atoms with Gasteiger partial charge in [-0.3, -0.25) is 0 Å². The topological polar surface area (TPSA) is 44.5 Å². The van der Waals surface area contributed by atoms with Crippen LogP contribution in [0.3, 0.4) is 0 Å². The zero-order chi connectivity index (χ0) is 11.0. The summed E-state index contributed by atoms with van der Waals surface area (Å²) in [5.41, 5.74) is 10.1. The van der Waals surface area contributed by atoms with Crippen molar-refractivity contribution >= 4 is 11.3 Å². The summed E-state index contributed by atoms with van der Waals surface area (Å²) in [6, 6.07) is 1.84. The molecule has 0 saturated heterocycles. The van der Waals surface area contributed by atoms with Crippen molar-refractivity contribution in [3.8, 4) is 11.5 Å². The zero-order valence-electron chi connectivity index (χ0n) is 9.26. The highest BCUT2D eigenvalue weighted by Crippen LogP contribution is 2.44. The Morgan fingerprint density at radius 3 is 2.27 bits per heavy atom. The molecule has 1 aliphatic rings. The van der Waals surface area contributed by atoms with E-state index >= 15 is 0 Å². The Kier molecular flexibility index (Phi) is 2.31. The molecule has 0 atom stereocenters. The molecule has 1 aromatic carbocycles. The van der Waals surface area contributed by atoms with Gasteiger partial charge in [-0.1, -0.05) is 6.08 Å². The minimum absolute atomic E-state index is 0.675. The zero-order valence-corrected chi connectivity index (χ0v) is 9.26. The largest absolute Gasteiger partial charge is 0.496 e. The van der Waals surface area contributed by atoms with Gasteiger partial charge in [-0.05, 0) is 24.5 Å². The first-order valence-corrected chi connectivity index (χ1v) is 4.89. The standard InChI is InChI=1S/C12H15NO2/c1-7-11(8-4-5-8)9(14-2)6-10(15-3)12(7)13/h4,6H,5,13H2,1-3H3. The minimum Gasteiger partial charge on any atom is -0.496 e. The number of nitrogens with two attached hydrogens (primary N) is 1. The van der Waals surface area contributed by atoms with E-state index in [0.29, 0.717) is 11.4 Å². The number of rotatable bonds is 3. The molecule has 3 heteroatoms. The predicted octanol–water partition coefficient (Wildman–Crippen LogP) is 2.38. The van der Waals surface area contributed by atoms with E-state index in [2.05, 4.69) is 6.08 Å². The summed E-state index contributed by atoms with van der Waals surface area (Å²) in [7, 11) is 3.28. The van der Waals surface area contributed by atoms with Crippen LogP contribution in [0.2, 0.25) is 0 Å². The Bertz CT molecular complexity index is 436. The molecule has 1 aromatic rings. The van der Waals surface area contributed by atoms with Gasteiger partial charge in [0.1, 0.15) is 11.5 Å². The summed E-state index contributed by atoms with van der Waals surface area (Å²) >= 11 is 0. The van der Waals surface area contributed by atoms with Crippen molar-refractivity contribution in [2.24, 2.45) is 0 Å². The van der Waals surface area contributed by atoms with Crippen LogP contribution in [-0.4, -0.2) is 14.2 Å². The smallest absolute Gasteiger partial charge is 0.145 e. The maximum atomic E-state index is 5.98. The number of allylic oxidation sites excluding steroid dienone is 2. The van der Waals surface area contributed by atoms with E-state index in [1.54, 1.807) is 14.2 Å². The third-order valence-corrected chi connectivity index (χ3v) is 2.72. The first-order chi connectivity index (χ1) is 7.19. The lowest BCUT2D eigenvalue weighted by Gasteiger charge is -2.15. The van der Waals surface area contributed by atoms with Crippen molar-refractivity contribution < 1.29 is 9.47 Å². The number of methoxy groups -OCH3 is 2. The van der Waals surface area contributed by atoms with Crippen molar-refractivity contribution in [3.05, 3.63) is 23.3 Å². The van der Waals surface area contributed by atoms with Crippen LogP contribution in [0.15, 0.2) is 12.1 Å². The number of hydrogen-bond donors (Lipinski definition) is 1. The van der Waals surface area contributed by atoms with Crippen LogP contribution in [-0.2, 0) is 0 Å². The Hall–Kier alpha value is -1.64. The average Bonchev–Trinajstić information content (AvgIpc) is 3.05. The maximum Gasteiger partial charge on any atom is 0.145 e. The second-order valence-electron chi connectivity index (χ2n) is 3.63. The molecule has 0 fully saturated rings. The summed E-state index contributed by atoms with van der Waals surface area (Å²) in [5.74, 6) is 1.51. The van der Waals surface area contributed by atoms with Crippen molar-refractivity contribution in [1.82, 2.24) is 0 Å². The van der Waals surface area contributed by atoms with Gasteiger partial charge < -0.3 is 15.2 Å². The van der Waals surface area contributed by atoms with E-state index in [4.69, 9.17) is 15.2 Å². The second kappa shape index (κ2) is 3.50. The van der Waals surface area contributed by atoms with Crippen molar-refractivity contribution in [3.63, 3.8) is 0 Å². The van der Waals surface area contributed by atoms with Crippen LogP contribution in [0.25, 0.3) is 5.57 Å². The summed E-state index contributed by atoms with van der Waals surface area (Å²) in [6.07, 6.45) is 3.19. The summed E-state index contributed by atoms with van der Waals surface area (Å²) in [4.78, 5) is 0. The number of anilines is 1. The van der Waals surface area contributed by atoms with E-state index in [9.17, 15) is 0 Å². The number of ether oxygens (including phenoxy) is 2. The Labute approximate surface area is 89.5 Å². The normalized spacial score (nSPS) is 13.4. The lowest BCUT2D eigenvalue weighted by atomic mass is 10.0. The van der Waals surface area contributed by atoms with Crippen LogP contribution in [0.5, 0.6) is 11.5 Å². The van der Waals surface area contributed by atoms with Crippen LogP contribution >= 0.6 is 0 Å². The molecule has 0 spiro atoms. The lowest BCUT2D eigenvalue weighted by Crippen LogP contribution is -2.00. The van der Waals surface area contributed by atoms with Crippen LogP contribution in [0, 0.1) is 6.92 Å². The van der Waals surface area contributed by atoms with Gasteiger partial charge in [0, 0.05) is 11.6 Å². The van der Waals surface area contributed by atoms with Gasteiger partial charge in [-0.2, -0.15) is 0 Å². The molecule has 0 aromatic heterocycles. The van der Waals surface area contributed by atoms with Gasteiger partial charge >= 0.3 is 0 Å². The second-order valence-corrected chi connectivity index (χ2v) is 3.63. The third kappa shape index (κ3) is 1.54. The highest BCUT2D eigenvalue weighted by molar-refractivity contribution is 5.86. The quantitative estimate of drug-likeness (QED) is 0.770. The Morgan fingerprint density at radius 1 is 1.20 bits per heavy atom. The van der Waals surface area contributed by atoms with Gasteiger partial charge in [-0.25, -0.2) is 0 Å². The van der Waals surface area contributed by atoms with Crippen LogP contribution in [0.1, 0.15) is 17.5 Å². The van der Waals surface area contributed by atoms with E-state index in [1.807, 2.05) is 13.0 Å². The molecule has 80 valence electrons. The van der Waals surface area contributed by atoms with Gasteiger partial charge in [0.05, 0.1) is 19.9 Å². The van der Waals surface area contributed by atoms with Crippen LogP contribution in [0.4, 0.5) is 5.69 Å². The van der Waals surface area contributed by atoms with Crippen molar-refractivity contribution in [1.29, 1.82) is 0 Å². The molecule has 0 amide bonds. The molecule has 3 nitrogen and oxygen atoms in total. The number of benzene rings is 1. The molecule has 15 heavy (non-hydrogen) atoms. The van der Waals surface area contributed by atoms with E-state index in [1.165, 1.54) is 5.57 Å².